The number of nitrogens with one attached hydrogen (secondary N) is 2. The Hall–Kier alpha value is -2.80. The first kappa shape index (κ1) is 18.0. The molecule has 3 rings (SSSR count). The standard InChI is InChI=1S/C18H16ClFN2O4/c1-25-14-8-11(19)4-7-13(14)16(10-2-5-12(20)6-3-10)22-17(23)15-9-21-18(24)26-15/h2-8,15-16H,9H2,1H3,(H,21,24)(H,22,23)/t15-,16+/m0/s1. The number of cyclic esters (lactones) is 1. The first-order chi connectivity index (χ1) is 12.5. The van der Waals surface area contributed by atoms with Gasteiger partial charge in [-0.05, 0) is 29.8 Å². The van der Waals surface area contributed by atoms with E-state index in [2.05, 4.69) is 10.6 Å². The summed E-state index contributed by atoms with van der Waals surface area (Å²) in [6.45, 7) is 0.0819. The molecule has 1 fully saturated rings. The minimum absolute atomic E-state index is 0.0819. The zero-order valence-corrected chi connectivity index (χ0v) is 14.5. The molecule has 2 N–H and O–H groups in total. The maximum absolute atomic E-state index is 13.3. The molecule has 1 aliphatic rings. The fourth-order valence-corrected chi connectivity index (χ4v) is 2.85. The largest absolute Gasteiger partial charge is 0.496 e. The summed E-state index contributed by atoms with van der Waals surface area (Å²) in [6, 6.07) is 10.1. The Morgan fingerprint density at radius 3 is 2.69 bits per heavy atom. The zero-order valence-electron chi connectivity index (χ0n) is 13.8. The lowest BCUT2D eigenvalue weighted by Gasteiger charge is -2.23. The summed E-state index contributed by atoms with van der Waals surface area (Å²) in [5.74, 6) is -0.404. The molecule has 6 nitrogen and oxygen atoms in total. The molecule has 1 saturated heterocycles. The fourth-order valence-electron chi connectivity index (χ4n) is 2.69. The number of rotatable bonds is 5. The average Bonchev–Trinajstić information content (AvgIpc) is 3.07. The van der Waals surface area contributed by atoms with E-state index < -0.39 is 30.0 Å². The number of ether oxygens (including phenoxy) is 2. The Bertz CT molecular complexity index is 828. The third-order valence-electron chi connectivity index (χ3n) is 3.97. The van der Waals surface area contributed by atoms with Crippen molar-refractivity contribution in [3.63, 3.8) is 0 Å². The molecule has 26 heavy (non-hydrogen) atoms. The zero-order chi connectivity index (χ0) is 18.7. The number of amides is 2. The lowest BCUT2D eigenvalue weighted by molar-refractivity contribution is -0.128. The lowest BCUT2D eigenvalue weighted by atomic mass is 9.97. The maximum Gasteiger partial charge on any atom is 0.408 e. The van der Waals surface area contributed by atoms with E-state index in [4.69, 9.17) is 21.1 Å². The average molecular weight is 379 g/mol. The highest BCUT2D eigenvalue weighted by Gasteiger charge is 2.32. The number of carbonyl (C=O) groups excluding carboxylic acids is 2. The normalized spacial score (nSPS) is 17.2. The van der Waals surface area contributed by atoms with E-state index >= 15 is 0 Å². The number of benzene rings is 2. The van der Waals surface area contributed by atoms with Gasteiger partial charge < -0.3 is 20.1 Å². The van der Waals surface area contributed by atoms with Gasteiger partial charge in [-0.1, -0.05) is 29.8 Å². The molecule has 0 bridgehead atoms. The second kappa shape index (κ2) is 7.61. The molecule has 1 heterocycles. The summed E-state index contributed by atoms with van der Waals surface area (Å²) in [7, 11) is 1.49. The van der Waals surface area contributed by atoms with Gasteiger partial charge in [0.05, 0.1) is 19.7 Å². The summed E-state index contributed by atoms with van der Waals surface area (Å²) in [6.07, 6.45) is -1.59. The van der Waals surface area contributed by atoms with Crippen molar-refractivity contribution in [1.29, 1.82) is 0 Å². The van der Waals surface area contributed by atoms with E-state index in [0.717, 1.165) is 0 Å². The summed E-state index contributed by atoms with van der Waals surface area (Å²) in [5, 5.41) is 5.73. The molecule has 0 spiro atoms. The number of carbonyl (C=O) groups is 2. The monoisotopic (exact) mass is 378 g/mol. The van der Waals surface area contributed by atoms with Gasteiger partial charge in [0.1, 0.15) is 11.6 Å². The van der Waals surface area contributed by atoms with Gasteiger partial charge in [-0.3, -0.25) is 4.79 Å². The second-order valence-electron chi connectivity index (χ2n) is 5.65. The Balaban J connectivity index is 1.95. The van der Waals surface area contributed by atoms with Gasteiger partial charge in [0.25, 0.3) is 5.91 Å². The number of hydrogen-bond acceptors (Lipinski definition) is 4. The smallest absolute Gasteiger partial charge is 0.408 e. The van der Waals surface area contributed by atoms with Crippen LogP contribution >= 0.6 is 11.6 Å². The first-order valence-corrected chi connectivity index (χ1v) is 8.19. The van der Waals surface area contributed by atoms with Gasteiger partial charge in [0.15, 0.2) is 6.10 Å². The minimum Gasteiger partial charge on any atom is -0.496 e. The second-order valence-corrected chi connectivity index (χ2v) is 6.09. The Morgan fingerprint density at radius 1 is 1.35 bits per heavy atom. The van der Waals surface area contributed by atoms with Crippen LogP contribution in [-0.4, -0.2) is 31.8 Å². The van der Waals surface area contributed by atoms with E-state index in [0.29, 0.717) is 21.9 Å². The van der Waals surface area contributed by atoms with Crippen molar-refractivity contribution < 1.29 is 23.5 Å². The van der Waals surface area contributed by atoms with Crippen molar-refractivity contribution in [2.45, 2.75) is 12.1 Å². The highest BCUT2D eigenvalue weighted by molar-refractivity contribution is 6.30. The van der Waals surface area contributed by atoms with E-state index in [-0.39, 0.29) is 6.54 Å². The van der Waals surface area contributed by atoms with Gasteiger partial charge in [0, 0.05) is 10.6 Å². The molecule has 0 saturated carbocycles. The van der Waals surface area contributed by atoms with Crippen molar-refractivity contribution in [3.8, 4) is 5.75 Å². The van der Waals surface area contributed by atoms with Crippen molar-refractivity contribution in [2.24, 2.45) is 0 Å². The van der Waals surface area contributed by atoms with Crippen LogP contribution in [0.3, 0.4) is 0 Å². The quantitative estimate of drug-likeness (QED) is 0.838. The van der Waals surface area contributed by atoms with Crippen LogP contribution in [0.15, 0.2) is 42.5 Å². The van der Waals surface area contributed by atoms with Gasteiger partial charge in [0.2, 0.25) is 0 Å². The summed E-state index contributed by atoms with van der Waals surface area (Å²) >= 11 is 6.01. The van der Waals surface area contributed by atoms with E-state index in [1.807, 2.05) is 0 Å². The van der Waals surface area contributed by atoms with Crippen LogP contribution in [0.5, 0.6) is 5.75 Å². The van der Waals surface area contributed by atoms with Crippen LogP contribution in [0.25, 0.3) is 0 Å². The van der Waals surface area contributed by atoms with E-state index in [1.54, 1.807) is 30.3 Å². The molecule has 2 aromatic carbocycles. The molecule has 2 aromatic rings. The third kappa shape index (κ3) is 3.88. The van der Waals surface area contributed by atoms with Crippen LogP contribution in [0, 0.1) is 5.82 Å². The lowest BCUT2D eigenvalue weighted by Crippen LogP contribution is -2.39. The topological polar surface area (TPSA) is 76.7 Å². The molecule has 1 aliphatic heterocycles. The minimum atomic E-state index is -0.941. The molecular weight excluding hydrogens is 363 g/mol. The third-order valence-corrected chi connectivity index (χ3v) is 4.21. The van der Waals surface area contributed by atoms with Crippen molar-refractivity contribution in [3.05, 3.63) is 64.4 Å². The number of methoxy groups -OCH3 is 1. The van der Waals surface area contributed by atoms with E-state index in [9.17, 15) is 14.0 Å². The molecule has 8 heteroatoms. The molecular formula is C18H16ClFN2O4. The Labute approximate surface area is 154 Å². The van der Waals surface area contributed by atoms with Crippen LogP contribution in [-0.2, 0) is 9.53 Å². The molecule has 2 atom stereocenters. The SMILES string of the molecule is COc1cc(Cl)ccc1[C@H](NC(=O)[C@@H]1CNC(=O)O1)c1ccc(F)cc1. The summed E-state index contributed by atoms with van der Waals surface area (Å²) in [5.41, 5.74) is 1.27. The molecule has 0 unspecified atom stereocenters. The summed E-state index contributed by atoms with van der Waals surface area (Å²) in [4.78, 5) is 23.7. The predicted octanol–water partition coefficient (Wildman–Crippen LogP) is 2.80. The number of alkyl carbamates (subject to hydrolysis) is 1. The Kier molecular flexibility index (Phi) is 5.27. The number of hydrogen-bond donors (Lipinski definition) is 2. The number of halogens is 2. The maximum atomic E-state index is 13.3. The highest BCUT2D eigenvalue weighted by Crippen LogP contribution is 2.32. The highest BCUT2D eigenvalue weighted by atomic mass is 35.5. The molecule has 0 aliphatic carbocycles. The molecule has 2 amide bonds. The summed E-state index contributed by atoms with van der Waals surface area (Å²) < 4.78 is 23.6. The molecule has 0 aromatic heterocycles. The first-order valence-electron chi connectivity index (χ1n) is 7.81. The predicted molar refractivity (Wildman–Crippen MR) is 92.7 cm³/mol. The van der Waals surface area contributed by atoms with Crippen LogP contribution in [0.1, 0.15) is 17.2 Å². The van der Waals surface area contributed by atoms with Gasteiger partial charge in [-0.25, -0.2) is 9.18 Å². The van der Waals surface area contributed by atoms with Crippen molar-refractivity contribution in [1.82, 2.24) is 10.6 Å². The van der Waals surface area contributed by atoms with Gasteiger partial charge in [-0.15, -0.1) is 0 Å². The molecule has 0 radical (unpaired) electrons. The van der Waals surface area contributed by atoms with Crippen LogP contribution in [0.2, 0.25) is 5.02 Å². The van der Waals surface area contributed by atoms with Crippen LogP contribution < -0.4 is 15.4 Å². The van der Waals surface area contributed by atoms with Crippen LogP contribution in [0.4, 0.5) is 9.18 Å². The van der Waals surface area contributed by atoms with Gasteiger partial charge >= 0.3 is 6.09 Å². The van der Waals surface area contributed by atoms with Crippen molar-refractivity contribution in [2.75, 3.05) is 13.7 Å². The van der Waals surface area contributed by atoms with E-state index in [1.165, 1.54) is 19.2 Å². The van der Waals surface area contributed by atoms with Crippen molar-refractivity contribution >= 4 is 23.6 Å². The Morgan fingerprint density at radius 2 is 2.08 bits per heavy atom. The fraction of sp³-hybridized carbons (Fsp3) is 0.222. The molecule has 136 valence electrons. The van der Waals surface area contributed by atoms with Gasteiger partial charge in [-0.2, -0.15) is 0 Å².